The summed E-state index contributed by atoms with van der Waals surface area (Å²) >= 11 is 0. The zero-order valence-corrected chi connectivity index (χ0v) is 10.9. The Morgan fingerprint density at radius 3 is 2.53 bits per heavy atom. The summed E-state index contributed by atoms with van der Waals surface area (Å²) in [5, 5.41) is 3.20. The van der Waals surface area contributed by atoms with E-state index < -0.39 is 11.9 Å². The second-order valence-electron chi connectivity index (χ2n) is 5.42. The van der Waals surface area contributed by atoms with Gasteiger partial charge < -0.3 is 10.1 Å². The predicted molar refractivity (Wildman–Crippen MR) is 64.9 cm³/mol. The predicted octanol–water partition coefficient (Wildman–Crippen LogP) is 2.87. The van der Waals surface area contributed by atoms with Crippen molar-refractivity contribution in [2.45, 2.75) is 32.5 Å². The molecular weight excluding hydrogens is 257 g/mol. The average molecular weight is 274 g/mol. The minimum Gasteiger partial charge on any atom is -0.489 e. The third-order valence-corrected chi connectivity index (χ3v) is 3.25. The van der Waals surface area contributed by atoms with Gasteiger partial charge in [0.15, 0.2) is 0 Å². The van der Waals surface area contributed by atoms with Gasteiger partial charge in [0.1, 0.15) is 11.4 Å². The number of hydrogen-bond acceptors (Lipinski definition) is 3. The maximum Gasteiger partial charge on any atom is 0.433 e. The van der Waals surface area contributed by atoms with Crippen molar-refractivity contribution in [1.29, 1.82) is 0 Å². The largest absolute Gasteiger partial charge is 0.489 e. The van der Waals surface area contributed by atoms with E-state index in [0.717, 1.165) is 31.8 Å². The van der Waals surface area contributed by atoms with Gasteiger partial charge in [-0.3, -0.25) is 0 Å². The molecule has 0 saturated carbocycles. The van der Waals surface area contributed by atoms with Crippen molar-refractivity contribution in [3.8, 4) is 5.75 Å². The summed E-state index contributed by atoms with van der Waals surface area (Å²) in [6.07, 6.45) is -2.47. The minimum absolute atomic E-state index is 0.0503. The Morgan fingerprint density at radius 1 is 1.42 bits per heavy atom. The summed E-state index contributed by atoms with van der Waals surface area (Å²) < 4.78 is 42.6. The molecule has 1 N–H and O–H groups in total. The van der Waals surface area contributed by atoms with Gasteiger partial charge in [0.2, 0.25) is 0 Å². The Balaban J connectivity index is 1.92. The van der Waals surface area contributed by atoms with Crippen molar-refractivity contribution < 1.29 is 17.9 Å². The molecule has 0 bridgehead atoms. The van der Waals surface area contributed by atoms with Gasteiger partial charge in [-0.2, -0.15) is 13.2 Å². The second-order valence-corrected chi connectivity index (χ2v) is 5.42. The summed E-state index contributed by atoms with van der Waals surface area (Å²) in [5.74, 6) is 0.372. The Labute approximate surface area is 110 Å². The van der Waals surface area contributed by atoms with E-state index in [9.17, 15) is 13.2 Å². The van der Waals surface area contributed by atoms with Gasteiger partial charge >= 0.3 is 6.18 Å². The van der Waals surface area contributed by atoms with E-state index in [0.29, 0.717) is 5.75 Å². The first-order chi connectivity index (χ1) is 8.78. The van der Waals surface area contributed by atoms with Crippen molar-refractivity contribution >= 4 is 0 Å². The first-order valence-corrected chi connectivity index (χ1v) is 6.19. The quantitative estimate of drug-likeness (QED) is 0.916. The number of halogens is 3. The molecule has 106 valence electrons. The van der Waals surface area contributed by atoms with Gasteiger partial charge in [-0.05, 0) is 30.9 Å². The van der Waals surface area contributed by atoms with Crippen molar-refractivity contribution in [2.24, 2.45) is 5.41 Å². The smallest absolute Gasteiger partial charge is 0.433 e. The number of alkyl halides is 3. The number of nitrogens with one attached hydrogen (secondary N) is 1. The molecule has 2 heterocycles. The molecule has 0 radical (unpaired) electrons. The highest BCUT2D eigenvalue weighted by molar-refractivity contribution is 5.21. The SMILES string of the molecule is C[C@@H](CC1(C)CNC1)Oc1ccc(C(F)(F)F)nc1. The highest BCUT2D eigenvalue weighted by Gasteiger charge is 2.34. The highest BCUT2D eigenvalue weighted by atomic mass is 19.4. The number of aromatic nitrogens is 1. The van der Waals surface area contributed by atoms with Crippen molar-refractivity contribution in [3.63, 3.8) is 0 Å². The lowest BCUT2D eigenvalue weighted by Crippen LogP contribution is -2.53. The van der Waals surface area contributed by atoms with Gasteiger partial charge in [-0.1, -0.05) is 6.92 Å². The minimum atomic E-state index is -4.41. The Morgan fingerprint density at radius 2 is 2.11 bits per heavy atom. The summed E-state index contributed by atoms with van der Waals surface area (Å²) in [6.45, 7) is 5.98. The van der Waals surface area contributed by atoms with Crippen LogP contribution in [0.1, 0.15) is 26.0 Å². The molecule has 2 rings (SSSR count). The van der Waals surface area contributed by atoms with Gasteiger partial charge in [0.25, 0.3) is 0 Å². The van der Waals surface area contributed by atoms with Crippen LogP contribution >= 0.6 is 0 Å². The summed E-state index contributed by atoms with van der Waals surface area (Å²) in [6, 6.07) is 2.25. The van der Waals surface area contributed by atoms with Gasteiger partial charge in [0.05, 0.1) is 12.3 Å². The van der Waals surface area contributed by atoms with E-state index in [1.54, 1.807) is 0 Å². The van der Waals surface area contributed by atoms with Crippen LogP contribution in [0.2, 0.25) is 0 Å². The third kappa shape index (κ3) is 3.59. The molecule has 1 fully saturated rings. The highest BCUT2D eigenvalue weighted by Crippen LogP contribution is 2.30. The molecule has 1 saturated heterocycles. The molecule has 6 heteroatoms. The molecule has 0 spiro atoms. The number of pyridine rings is 1. The van der Waals surface area contributed by atoms with E-state index in [2.05, 4.69) is 17.2 Å². The van der Waals surface area contributed by atoms with Crippen LogP contribution in [0.3, 0.4) is 0 Å². The van der Waals surface area contributed by atoms with Gasteiger partial charge in [0, 0.05) is 13.1 Å². The zero-order chi connectivity index (χ0) is 14.1. The van der Waals surface area contributed by atoms with Gasteiger partial charge in [-0.15, -0.1) is 0 Å². The maximum atomic E-state index is 12.3. The Hall–Kier alpha value is -1.30. The number of hydrogen-bond donors (Lipinski definition) is 1. The number of nitrogens with zero attached hydrogens (tertiary/aromatic N) is 1. The molecule has 1 atom stereocenters. The molecule has 0 aliphatic carbocycles. The van der Waals surface area contributed by atoms with Crippen molar-refractivity contribution in [3.05, 3.63) is 24.0 Å². The average Bonchev–Trinajstić information content (AvgIpc) is 2.26. The third-order valence-electron chi connectivity index (χ3n) is 3.25. The van der Waals surface area contributed by atoms with Crippen LogP contribution < -0.4 is 10.1 Å². The van der Waals surface area contributed by atoms with Crippen LogP contribution in [0.25, 0.3) is 0 Å². The van der Waals surface area contributed by atoms with Crippen molar-refractivity contribution in [1.82, 2.24) is 10.3 Å². The number of rotatable bonds is 4. The summed E-state index contributed by atoms with van der Waals surface area (Å²) in [4.78, 5) is 3.37. The van der Waals surface area contributed by atoms with E-state index in [1.807, 2.05) is 6.92 Å². The summed E-state index contributed by atoms with van der Waals surface area (Å²) in [7, 11) is 0. The fraction of sp³-hybridized carbons (Fsp3) is 0.615. The van der Waals surface area contributed by atoms with Crippen LogP contribution in [0, 0.1) is 5.41 Å². The molecule has 1 aliphatic heterocycles. The fourth-order valence-electron chi connectivity index (χ4n) is 2.28. The van der Waals surface area contributed by atoms with E-state index in [1.165, 1.54) is 6.07 Å². The van der Waals surface area contributed by atoms with Crippen molar-refractivity contribution in [2.75, 3.05) is 13.1 Å². The van der Waals surface area contributed by atoms with E-state index in [4.69, 9.17) is 4.74 Å². The Kier molecular flexibility index (Phi) is 3.71. The van der Waals surface area contributed by atoms with E-state index in [-0.39, 0.29) is 11.5 Å². The lowest BCUT2D eigenvalue weighted by molar-refractivity contribution is -0.141. The summed E-state index contributed by atoms with van der Waals surface area (Å²) in [5.41, 5.74) is -0.679. The maximum absolute atomic E-state index is 12.3. The lowest BCUT2D eigenvalue weighted by atomic mass is 9.79. The van der Waals surface area contributed by atoms with Crippen LogP contribution in [0.15, 0.2) is 18.3 Å². The van der Waals surface area contributed by atoms with Crippen LogP contribution in [0.5, 0.6) is 5.75 Å². The monoisotopic (exact) mass is 274 g/mol. The van der Waals surface area contributed by atoms with E-state index >= 15 is 0 Å². The fourth-order valence-corrected chi connectivity index (χ4v) is 2.28. The zero-order valence-electron chi connectivity index (χ0n) is 10.9. The molecular formula is C13H17F3N2O. The second kappa shape index (κ2) is 5.00. The topological polar surface area (TPSA) is 34.1 Å². The lowest BCUT2D eigenvalue weighted by Gasteiger charge is -2.41. The molecule has 1 aliphatic rings. The van der Waals surface area contributed by atoms with Crippen LogP contribution in [0.4, 0.5) is 13.2 Å². The molecule has 0 aromatic carbocycles. The molecule has 1 aromatic heterocycles. The molecule has 0 unspecified atom stereocenters. The normalized spacial score (nSPS) is 19.6. The van der Waals surface area contributed by atoms with Gasteiger partial charge in [-0.25, -0.2) is 4.98 Å². The molecule has 19 heavy (non-hydrogen) atoms. The molecule has 3 nitrogen and oxygen atoms in total. The first kappa shape index (κ1) is 14.1. The Bertz CT molecular complexity index is 427. The van der Waals surface area contributed by atoms with Crippen LogP contribution in [-0.2, 0) is 6.18 Å². The van der Waals surface area contributed by atoms with Crippen LogP contribution in [-0.4, -0.2) is 24.2 Å². The number of ether oxygens (including phenoxy) is 1. The first-order valence-electron chi connectivity index (χ1n) is 6.19. The molecule has 1 aromatic rings. The molecule has 0 amide bonds. The standard InChI is InChI=1S/C13H17F3N2O/c1-9(5-12(2)7-17-8-12)19-10-3-4-11(18-6-10)13(14,15)16/h3-4,6,9,17H,5,7-8H2,1-2H3/t9-/m0/s1.